The van der Waals surface area contributed by atoms with Crippen LogP contribution in [-0.4, -0.2) is 39.3 Å². The van der Waals surface area contributed by atoms with Gasteiger partial charge in [0.1, 0.15) is 0 Å². The second-order valence-corrected chi connectivity index (χ2v) is 3.68. The molecule has 1 unspecified atom stereocenters. The fraction of sp³-hybridized carbons (Fsp3) is 0.900. The van der Waals surface area contributed by atoms with Gasteiger partial charge in [0.2, 0.25) is 5.91 Å². The normalized spacial score (nSPS) is 21.1. The van der Waals surface area contributed by atoms with Gasteiger partial charge in [-0.25, -0.2) is 0 Å². The van der Waals surface area contributed by atoms with Gasteiger partial charge in [-0.05, 0) is 31.8 Å². The van der Waals surface area contributed by atoms with Crippen molar-refractivity contribution in [1.29, 1.82) is 0 Å². The molecule has 0 aromatic rings. The summed E-state index contributed by atoms with van der Waals surface area (Å²) in [4.78, 5) is 10.8. The summed E-state index contributed by atoms with van der Waals surface area (Å²) in [7, 11) is 1.65. The smallest absolute Gasteiger partial charge is 0.222 e. The minimum Gasteiger partial charge on any atom is -0.381 e. The fourth-order valence-electron chi connectivity index (χ4n) is 1.60. The van der Waals surface area contributed by atoms with Crippen molar-refractivity contribution in [2.75, 3.05) is 33.4 Å². The first-order valence-corrected chi connectivity index (χ1v) is 5.32. The van der Waals surface area contributed by atoms with Gasteiger partial charge in [-0.1, -0.05) is 0 Å². The average Bonchev–Trinajstić information content (AvgIpc) is 2.69. The van der Waals surface area contributed by atoms with Crippen LogP contribution in [-0.2, 0) is 9.53 Å². The van der Waals surface area contributed by atoms with Gasteiger partial charge in [0.05, 0.1) is 6.61 Å². The van der Waals surface area contributed by atoms with Gasteiger partial charge in [0, 0.05) is 20.1 Å². The molecule has 0 bridgehead atoms. The highest BCUT2D eigenvalue weighted by Gasteiger charge is 2.13. The Hall–Kier alpha value is -0.610. The molecule has 1 heterocycles. The van der Waals surface area contributed by atoms with Crippen LogP contribution >= 0.6 is 0 Å². The summed E-state index contributed by atoms with van der Waals surface area (Å²) >= 11 is 0. The molecule has 1 aliphatic heterocycles. The van der Waals surface area contributed by atoms with Crippen LogP contribution in [0.2, 0.25) is 0 Å². The number of amides is 1. The Kier molecular flexibility index (Phi) is 5.56. The summed E-state index contributed by atoms with van der Waals surface area (Å²) in [6, 6.07) is 0. The van der Waals surface area contributed by atoms with E-state index in [1.807, 2.05) is 0 Å². The van der Waals surface area contributed by atoms with E-state index in [-0.39, 0.29) is 5.91 Å². The molecule has 1 rings (SSSR count). The van der Waals surface area contributed by atoms with Crippen LogP contribution in [0.25, 0.3) is 0 Å². The largest absolute Gasteiger partial charge is 0.381 e. The van der Waals surface area contributed by atoms with Crippen LogP contribution in [0.15, 0.2) is 0 Å². The highest BCUT2D eigenvalue weighted by Crippen LogP contribution is 2.11. The van der Waals surface area contributed by atoms with E-state index in [9.17, 15) is 4.79 Å². The van der Waals surface area contributed by atoms with Crippen LogP contribution in [0.4, 0.5) is 0 Å². The van der Waals surface area contributed by atoms with Gasteiger partial charge in [0.25, 0.3) is 0 Å². The van der Waals surface area contributed by atoms with E-state index in [4.69, 9.17) is 4.74 Å². The Bertz CT molecular complexity index is 168. The maximum Gasteiger partial charge on any atom is 0.222 e. The lowest BCUT2D eigenvalue weighted by Gasteiger charge is -2.08. The Balaban J connectivity index is 1.86. The molecular formula is C10H20N2O2. The fourth-order valence-corrected chi connectivity index (χ4v) is 1.60. The van der Waals surface area contributed by atoms with Crippen LogP contribution in [0.1, 0.15) is 19.3 Å². The number of ether oxygens (including phenoxy) is 1. The van der Waals surface area contributed by atoms with Gasteiger partial charge in [-0.15, -0.1) is 0 Å². The van der Waals surface area contributed by atoms with E-state index < -0.39 is 0 Å². The minimum absolute atomic E-state index is 0.0486. The predicted octanol–water partition coefficient (Wildman–Crippen LogP) is 0.139. The van der Waals surface area contributed by atoms with Crippen molar-refractivity contribution in [1.82, 2.24) is 10.6 Å². The van der Waals surface area contributed by atoms with Crippen LogP contribution in [0.5, 0.6) is 0 Å². The molecule has 0 aromatic carbocycles. The molecule has 2 N–H and O–H groups in total. The second-order valence-electron chi connectivity index (χ2n) is 3.68. The molecule has 14 heavy (non-hydrogen) atoms. The summed E-state index contributed by atoms with van der Waals surface area (Å²) in [5.41, 5.74) is 0. The van der Waals surface area contributed by atoms with Crippen molar-refractivity contribution in [3.8, 4) is 0 Å². The number of hydrogen-bond acceptors (Lipinski definition) is 3. The zero-order chi connectivity index (χ0) is 10.2. The molecule has 1 aliphatic rings. The number of carbonyl (C=O) groups excluding carboxylic acids is 1. The standard InChI is InChI=1S/C10H20N2O2/c1-11-10(13)4-7-14-6-3-9-2-5-12-8-9/h9,12H,2-8H2,1H3,(H,11,13). The topological polar surface area (TPSA) is 50.4 Å². The third-order valence-electron chi connectivity index (χ3n) is 2.59. The van der Waals surface area contributed by atoms with Crippen LogP contribution < -0.4 is 10.6 Å². The Morgan fingerprint density at radius 1 is 1.57 bits per heavy atom. The molecule has 82 valence electrons. The molecule has 1 saturated heterocycles. The minimum atomic E-state index is 0.0486. The third-order valence-corrected chi connectivity index (χ3v) is 2.59. The van der Waals surface area contributed by atoms with Crippen molar-refractivity contribution in [3.05, 3.63) is 0 Å². The van der Waals surface area contributed by atoms with Gasteiger partial charge in [-0.3, -0.25) is 4.79 Å². The lowest BCUT2D eigenvalue weighted by atomic mass is 10.1. The van der Waals surface area contributed by atoms with E-state index in [1.165, 1.54) is 6.42 Å². The first-order chi connectivity index (χ1) is 6.83. The molecule has 4 nitrogen and oxygen atoms in total. The molecule has 1 amide bonds. The molecule has 0 saturated carbocycles. The number of rotatable bonds is 6. The van der Waals surface area contributed by atoms with Crippen LogP contribution in [0.3, 0.4) is 0 Å². The molecule has 4 heteroatoms. The second kappa shape index (κ2) is 6.79. The maximum absolute atomic E-state index is 10.8. The van der Waals surface area contributed by atoms with Crippen molar-refractivity contribution < 1.29 is 9.53 Å². The molecule has 0 radical (unpaired) electrons. The Labute approximate surface area is 85.4 Å². The molecule has 1 atom stereocenters. The van der Waals surface area contributed by atoms with Gasteiger partial charge in [-0.2, -0.15) is 0 Å². The predicted molar refractivity (Wildman–Crippen MR) is 55.1 cm³/mol. The third kappa shape index (κ3) is 4.58. The van der Waals surface area contributed by atoms with E-state index in [0.29, 0.717) is 13.0 Å². The first-order valence-electron chi connectivity index (χ1n) is 5.32. The molecule has 1 fully saturated rings. The zero-order valence-corrected chi connectivity index (χ0v) is 8.84. The SMILES string of the molecule is CNC(=O)CCOCCC1CCNC1. The van der Waals surface area contributed by atoms with Crippen LogP contribution in [0, 0.1) is 5.92 Å². The first kappa shape index (κ1) is 11.5. The summed E-state index contributed by atoms with van der Waals surface area (Å²) in [6.07, 6.45) is 2.85. The van der Waals surface area contributed by atoms with E-state index in [2.05, 4.69) is 10.6 Å². The van der Waals surface area contributed by atoms with Crippen molar-refractivity contribution in [2.24, 2.45) is 5.92 Å². The lowest BCUT2D eigenvalue weighted by Crippen LogP contribution is -2.19. The van der Waals surface area contributed by atoms with Gasteiger partial charge < -0.3 is 15.4 Å². The summed E-state index contributed by atoms with van der Waals surface area (Å²) in [5, 5.41) is 5.89. The monoisotopic (exact) mass is 200 g/mol. The summed E-state index contributed by atoms with van der Waals surface area (Å²) in [6.45, 7) is 3.59. The quantitative estimate of drug-likeness (QED) is 0.600. The molecule has 0 spiro atoms. The van der Waals surface area contributed by atoms with Gasteiger partial charge >= 0.3 is 0 Å². The zero-order valence-electron chi connectivity index (χ0n) is 8.84. The van der Waals surface area contributed by atoms with Gasteiger partial charge in [0.15, 0.2) is 0 Å². The van der Waals surface area contributed by atoms with Crippen molar-refractivity contribution >= 4 is 5.91 Å². The highest BCUT2D eigenvalue weighted by molar-refractivity contribution is 5.75. The van der Waals surface area contributed by atoms with E-state index in [0.717, 1.165) is 32.0 Å². The van der Waals surface area contributed by atoms with Crippen molar-refractivity contribution in [3.63, 3.8) is 0 Å². The van der Waals surface area contributed by atoms with E-state index in [1.54, 1.807) is 7.05 Å². The highest BCUT2D eigenvalue weighted by atomic mass is 16.5. The lowest BCUT2D eigenvalue weighted by molar-refractivity contribution is -0.121. The summed E-state index contributed by atoms with van der Waals surface area (Å²) < 4.78 is 5.38. The number of nitrogens with one attached hydrogen (secondary N) is 2. The maximum atomic E-state index is 10.8. The average molecular weight is 200 g/mol. The Morgan fingerprint density at radius 3 is 3.07 bits per heavy atom. The molecule has 0 aromatic heterocycles. The Morgan fingerprint density at radius 2 is 2.43 bits per heavy atom. The molecular weight excluding hydrogens is 180 g/mol. The summed E-state index contributed by atoms with van der Waals surface area (Å²) in [5.74, 6) is 0.822. The van der Waals surface area contributed by atoms with E-state index >= 15 is 0 Å². The van der Waals surface area contributed by atoms with Crippen molar-refractivity contribution in [2.45, 2.75) is 19.3 Å². The number of carbonyl (C=O) groups is 1. The molecule has 0 aliphatic carbocycles. The number of hydrogen-bond donors (Lipinski definition) is 2.